The number of hydrogen-bond acceptors (Lipinski definition) is 12. The minimum atomic E-state index is 0.191. The third kappa shape index (κ3) is 12.2. The first-order valence-electron chi connectivity index (χ1n) is 33.8. The molecular formula is C90H55BClN6O4S2. The van der Waals surface area contributed by atoms with Crippen LogP contribution in [0.5, 0.6) is 5.75 Å². The summed E-state index contributed by atoms with van der Waals surface area (Å²) in [5, 5.41) is 18.0. The second kappa shape index (κ2) is 27.7. The maximum absolute atomic E-state index is 8.94. The number of fused-ring (bicyclic) bond motifs is 12. The summed E-state index contributed by atoms with van der Waals surface area (Å²) in [7, 11) is 0.689. The van der Waals surface area contributed by atoms with Crippen molar-refractivity contribution in [2.75, 3.05) is 0 Å². The molecule has 0 atom stereocenters. The van der Waals surface area contributed by atoms with Crippen LogP contribution in [0, 0.1) is 0 Å². The molecule has 491 valence electrons. The van der Waals surface area contributed by atoms with Crippen molar-refractivity contribution in [1.82, 2.24) is 29.9 Å². The van der Waals surface area contributed by atoms with Crippen LogP contribution in [-0.4, -0.2) is 42.6 Å². The highest BCUT2D eigenvalue weighted by molar-refractivity contribution is 7.26. The molecule has 20 aromatic rings. The molecule has 6 heterocycles. The molecule has 0 unspecified atom stereocenters. The Morgan fingerprint density at radius 2 is 0.654 bits per heavy atom. The topological polar surface area (TPSA) is 133 Å². The lowest BCUT2D eigenvalue weighted by atomic mass is 10.0. The Bertz CT molecular complexity index is 6580. The summed E-state index contributed by atoms with van der Waals surface area (Å²) in [6, 6.07) is 112. The van der Waals surface area contributed by atoms with E-state index in [0.717, 1.165) is 93.9 Å². The number of rotatable bonds is 11. The molecule has 0 aliphatic heterocycles. The zero-order chi connectivity index (χ0) is 69.5. The van der Waals surface area contributed by atoms with Crippen LogP contribution in [-0.2, 0) is 0 Å². The van der Waals surface area contributed by atoms with Gasteiger partial charge in [-0.15, -0.1) is 22.7 Å². The molecule has 0 aliphatic rings. The summed E-state index contributed by atoms with van der Waals surface area (Å²) in [5.74, 6) is 3.59. The van der Waals surface area contributed by atoms with E-state index >= 15 is 0 Å². The number of aromatic nitrogens is 6. The number of thiophene rings is 2. The number of hydrogen-bond donors (Lipinski definition) is 1. The van der Waals surface area contributed by atoms with E-state index in [2.05, 4.69) is 204 Å². The molecule has 0 bridgehead atoms. The largest absolute Gasteiger partial charge is 0.569 e. The van der Waals surface area contributed by atoms with E-state index in [1.165, 1.54) is 62.6 Å². The summed E-state index contributed by atoms with van der Waals surface area (Å²) in [5.41, 5.74) is 17.3. The molecule has 104 heavy (non-hydrogen) atoms. The van der Waals surface area contributed by atoms with Crippen LogP contribution in [0.25, 0.3) is 186 Å². The average Bonchev–Trinajstić information content (AvgIpc) is 1.57. The molecule has 0 saturated carbocycles. The highest BCUT2D eigenvalue weighted by atomic mass is 35.5. The standard InChI is InChI=1S/C45H27N3OS.C27H16ClN3S.C18H12BO3/c1-4-12-28(13-5-1)31-23-25-38-37(26-31)41-36(20-11-21-39(41)49-38)45-47-43(30-16-8-3-9-17-30)46-44(48-45)32-22-24-34-35-19-10-18-33(29-14-6-2-7-15-29)42(35)50-40(34)27-32;28-27-30-25(18-10-5-2-6-11-18)29-26(31-27)19-14-15-21-22-13-7-12-20(17-8-3-1-4-9-17)24(22)32-23(21)16-19;20-19-22-17-8-4-7-16-18(17)14-11-13(9-10-15(14)21-16)12-5-2-1-3-6-12/h1-27H;1-16H;1-11,20H. The van der Waals surface area contributed by atoms with Crippen LogP contribution in [0.15, 0.2) is 336 Å². The second-order valence-electron chi connectivity index (χ2n) is 24.9. The second-order valence-corrected chi connectivity index (χ2v) is 27.3. The Morgan fingerprint density at radius 3 is 1.13 bits per heavy atom. The van der Waals surface area contributed by atoms with Crippen molar-refractivity contribution < 1.29 is 18.5 Å². The van der Waals surface area contributed by atoms with E-state index in [9.17, 15) is 0 Å². The monoisotopic (exact) mass is 1390 g/mol. The highest BCUT2D eigenvalue weighted by Gasteiger charge is 2.22. The molecule has 0 aliphatic carbocycles. The van der Waals surface area contributed by atoms with Gasteiger partial charge >= 0.3 is 7.69 Å². The van der Waals surface area contributed by atoms with Gasteiger partial charge in [-0.1, -0.05) is 273 Å². The molecular weight excluding hydrogens is 1340 g/mol. The van der Waals surface area contributed by atoms with E-state index in [-0.39, 0.29) is 5.28 Å². The van der Waals surface area contributed by atoms with Gasteiger partial charge in [-0.05, 0) is 111 Å². The maximum Gasteiger partial charge on any atom is 0.569 e. The van der Waals surface area contributed by atoms with Gasteiger partial charge < -0.3 is 18.5 Å². The van der Waals surface area contributed by atoms with Gasteiger partial charge in [0.1, 0.15) is 28.1 Å². The summed E-state index contributed by atoms with van der Waals surface area (Å²) in [4.78, 5) is 28.8. The van der Waals surface area contributed by atoms with Crippen LogP contribution in [0.3, 0.4) is 0 Å². The molecule has 14 heteroatoms. The van der Waals surface area contributed by atoms with Crippen LogP contribution in [0.4, 0.5) is 0 Å². The molecule has 1 N–H and O–H groups in total. The normalized spacial score (nSPS) is 11.4. The molecule has 14 aromatic carbocycles. The molecule has 6 aromatic heterocycles. The quantitative estimate of drug-likeness (QED) is 0.125. The van der Waals surface area contributed by atoms with Gasteiger partial charge in [0.2, 0.25) is 5.28 Å². The first kappa shape index (κ1) is 63.4. The van der Waals surface area contributed by atoms with Crippen molar-refractivity contribution in [3.63, 3.8) is 0 Å². The first-order valence-corrected chi connectivity index (χ1v) is 35.9. The van der Waals surface area contributed by atoms with Crippen molar-refractivity contribution in [3.05, 3.63) is 333 Å². The predicted molar refractivity (Wildman–Crippen MR) is 429 cm³/mol. The molecule has 10 nitrogen and oxygen atoms in total. The van der Waals surface area contributed by atoms with Crippen LogP contribution in [0.2, 0.25) is 5.28 Å². The molecule has 0 spiro atoms. The van der Waals surface area contributed by atoms with Gasteiger partial charge in [-0.25, -0.2) is 19.9 Å². The fourth-order valence-corrected chi connectivity index (χ4v) is 16.4. The van der Waals surface area contributed by atoms with Crippen molar-refractivity contribution >= 4 is 126 Å². The fourth-order valence-electron chi connectivity index (χ4n) is 13.7. The maximum atomic E-state index is 8.94. The molecule has 1 radical (unpaired) electrons. The zero-order valence-corrected chi connectivity index (χ0v) is 57.7. The minimum Gasteiger partial charge on any atom is -0.537 e. The Kier molecular flexibility index (Phi) is 16.9. The number of nitrogens with zero attached hydrogens (tertiary/aromatic N) is 6. The molecule has 0 amide bonds. The third-order valence-corrected chi connectivity index (χ3v) is 21.2. The minimum absolute atomic E-state index is 0.191. The van der Waals surface area contributed by atoms with Crippen LogP contribution < -0.4 is 4.65 Å². The lowest BCUT2D eigenvalue weighted by Crippen LogP contribution is -2.00. The first-order chi connectivity index (χ1) is 51.4. The predicted octanol–water partition coefficient (Wildman–Crippen LogP) is 24.5. The molecule has 0 saturated heterocycles. The van der Waals surface area contributed by atoms with Crippen molar-refractivity contribution in [2.24, 2.45) is 0 Å². The lowest BCUT2D eigenvalue weighted by molar-refractivity contribution is 0.456. The summed E-state index contributed by atoms with van der Waals surface area (Å²) in [6.45, 7) is 0. The van der Waals surface area contributed by atoms with Crippen LogP contribution >= 0.6 is 34.3 Å². The van der Waals surface area contributed by atoms with E-state index in [0.29, 0.717) is 42.6 Å². The summed E-state index contributed by atoms with van der Waals surface area (Å²) < 4.78 is 22.4. The van der Waals surface area contributed by atoms with E-state index in [1.807, 2.05) is 139 Å². The van der Waals surface area contributed by atoms with Gasteiger partial charge in [0.25, 0.3) is 0 Å². The van der Waals surface area contributed by atoms with Crippen LogP contribution in [0.1, 0.15) is 0 Å². The molecule has 0 fully saturated rings. The number of furan rings is 2. The van der Waals surface area contributed by atoms with E-state index < -0.39 is 0 Å². The Balaban J connectivity index is 0.000000122. The Morgan fingerprint density at radius 1 is 0.279 bits per heavy atom. The highest BCUT2D eigenvalue weighted by Crippen LogP contribution is 2.45. The smallest absolute Gasteiger partial charge is 0.537 e. The van der Waals surface area contributed by atoms with Gasteiger partial charge in [0.15, 0.2) is 29.1 Å². The van der Waals surface area contributed by atoms with Crippen molar-refractivity contribution in [2.45, 2.75) is 0 Å². The van der Waals surface area contributed by atoms with Gasteiger partial charge in [-0.2, -0.15) is 9.97 Å². The van der Waals surface area contributed by atoms with Gasteiger partial charge in [-0.3, -0.25) is 0 Å². The zero-order valence-electron chi connectivity index (χ0n) is 55.3. The third-order valence-electron chi connectivity index (χ3n) is 18.6. The SMILES string of the molecule is Clc1nc(-c2ccccc2)nc(-c2ccc3c(c2)sc2c(-c4ccccc4)cccc23)n1.O[B]Oc1cccc2oc3ccc(-c4ccccc4)cc3c12.c1ccc(-c2ccc3oc4cccc(-c5nc(-c6ccccc6)nc(-c6ccc7c(c6)sc6c(-c8ccccc8)cccc67)n5)c4c3c2)cc1. The van der Waals surface area contributed by atoms with E-state index in [1.54, 1.807) is 17.4 Å². The van der Waals surface area contributed by atoms with Crippen molar-refractivity contribution in [3.8, 4) is 107 Å². The summed E-state index contributed by atoms with van der Waals surface area (Å²) in [6.07, 6.45) is 0. The van der Waals surface area contributed by atoms with Gasteiger partial charge in [0.05, 0.1) is 5.39 Å². The Hall–Kier alpha value is -12.7. The summed E-state index contributed by atoms with van der Waals surface area (Å²) >= 11 is 9.87. The number of halogens is 1. The average molecular weight is 1390 g/mol. The van der Waals surface area contributed by atoms with Gasteiger partial charge in [0, 0.05) is 84.3 Å². The van der Waals surface area contributed by atoms with Crippen molar-refractivity contribution in [1.29, 1.82) is 0 Å². The Labute approximate surface area is 610 Å². The molecule has 20 rings (SSSR count). The fraction of sp³-hybridized carbons (Fsp3) is 0. The number of benzene rings is 14. The van der Waals surface area contributed by atoms with E-state index in [4.69, 9.17) is 50.0 Å². The lowest BCUT2D eigenvalue weighted by Gasteiger charge is -2.09.